The van der Waals surface area contributed by atoms with Crippen LogP contribution in [-0.4, -0.2) is 54.2 Å². The van der Waals surface area contributed by atoms with Crippen molar-refractivity contribution in [3.8, 4) is 0 Å². The van der Waals surface area contributed by atoms with Gasteiger partial charge in [0.25, 0.3) is 5.91 Å². The number of ether oxygens (including phenoxy) is 1. The number of nitrogens with one attached hydrogen (secondary N) is 1. The SMILES string of the molecule is CCC(C)(CNC(=O)c1scnc1C)N1CCOCC1. The molecule has 1 aliphatic rings. The molecule has 1 aromatic rings. The Hall–Kier alpha value is -0.980. The summed E-state index contributed by atoms with van der Waals surface area (Å²) >= 11 is 1.39. The van der Waals surface area contributed by atoms with Gasteiger partial charge in [-0.1, -0.05) is 6.92 Å². The van der Waals surface area contributed by atoms with Gasteiger partial charge < -0.3 is 10.1 Å². The number of carbonyl (C=O) groups excluding carboxylic acids is 1. The lowest BCUT2D eigenvalue weighted by Crippen LogP contribution is -2.56. The Balaban J connectivity index is 1.96. The van der Waals surface area contributed by atoms with Crippen molar-refractivity contribution in [3.05, 3.63) is 16.1 Å². The van der Waals surface area contributed by atoms with Gasteiger partial charge in [-0.3, -0.25) is 9.69 Å². The summed E-state index contributed by atoms with van der Waals surface area (Å²) in [5.41, 5.74) is 2.50. The molecule has 0 saturated carbocycles. The van der Waals surface area contributed by atoms with Crippen molar-refractivity contribution < 1.29 is 9.53 Å². The Labute approximate surface area is 124 Å². The number of rotatable bonds is 5. The van der Waals surface area contributed by atoms with Gasteiger partial charge in [-0.15, -0.1) is 11.3 Å². The second-order valence-corrected chi connectivity index (χ2v) is 6.25. The Bertz CT molecular complexity index is 457. The first-order chi connectivity index (χ1) is 9.57. The van der Waals surface area contributed by atoms with E-state index in [0.29, 0.717) is 11.4 Å². The van der Waals surface area contributed by atoms with Crippen LogP contribution in [-0.2, 0) is 4.74 Å². The van der Waals surface area contributed by atoms with Crippen molar-refractivity contribution in [2.75, 3.05) is 32.8 Å². The first-order valence-corrected chi connectivity index (χ1v) is 7.96. The fourth-order valence-electron chi connectivity index (χ4n) is 2.43. The zero-order chi connectivity index (χ0) is 14.6. The highest BCUT2D eigenvalue weighted by molar-refractivity contribution is 7.11. The summed E-state index contributed by atoms with van der Waals surface area (Å²) in [6.45, 7) is 10.3. The molecule has 1 aliphatic heterocycles. The van der Waals surface area contributed by atoms with E-state index < -0.39 is 0 Å². The van der Waals surface area contributed by atoms with Gasteiger partial charge in [0.2, 0.25) is 0 Å². The lowest BCUT2D eigenvalue weighted by atomic mass is 9.95. The number of aryl methyl sites for hydroxylation is 1. The van der Waals surface area contributed by atoms with E-state index in [-0.39, 0.29) is 11.4 Å². The normalized spacial score (nSPS) is 19.6. The van der Waals surface area contributed by atoms with Crippen LogP contribution in [0.15, 0.2) is 5.51 Å². The van der Waals surface area contributed by atoms with E-state index in [1.807, 2.05) is 6.92 Å². The van der Waals surface area contributed by atoms with E-state index in [1.54, 1.807) is 5.51 Å². The van der Waals surface area contributed by atoms with E-state index in [1.165, 1.54) is 11.3 Å². The summed E-state index contributed by atoms with van der Waals surface area (Å²) in [6.07, 6.45) is 0.995. The van der Waals surface area contributed by atoms with Gasteiger partial charge in [0.05, 0.1) is 24.4 Å². The van der Waals surface area contributed by atoms with Gasteiger partial charge in [0.15, 0.2) is 0 Å². The first kappa shape index (κ1) is 15.4. The van der Waals surface area contributed by atoms with Crippen molar-refractivity contribution in [2.45, 2.75) is 32.7 Å². The summed E-state index contributed by atoms with van der Waals surface area (Å²) < 4.78 is 5.40. The third kappa shape index (κ3) is 3.37. The highest BCUT2D eigenvalue weighted by atomic mass is 32.1. The second kappa shape index (κ2) is 6.65. The smallest absolute Gasteiger partial charge is 0.263 e. The number of thiazole rings is 1. The Morgan fingerprint density at radius 2 is 2.25 bits per heavy atom. The molecule has 6 heteroatoms. The molecule has 1 N–H and O–H groups in total. The molecule has 2 heterocycles. The molecule has 112 valence electrons. The van der Waals surface area contributed by atoms with E-state index in [2.05, 4.69) is 29.0 Å². The predicted octanol–water partition coefficient (Wildman–Crippen LogP) is 1.68. The molecule has 1 unspecified atom stereocenters. The number of carbonyl (C=O) groups is 1. The van der Waals surface area contributed by atoms with Crippen molar-refractivity contribution in [1.82, 2.24) is 15.2 Å². The minimum atomic E-state index is -0.0158. The van der Waals surface area contributed by atoms with E-state index in [4.69, 9.17) is 4.74 Å². The molecule has 1 fully saturated rings. The van der Waals surface area contributed by atoms with Crippen LogP contribution in [0.4, 0.5) is 0 Å². The molecule has 2 rings (SSSR count). The van der Waals surface area contributed by atoms with Crippen molar-refractivity contribution in [1.29, 1.82) is 0 Å². The Morgan fingerprint density at radius 1 is 1.55 bits per heavy atom. The molecule has 0 radical (unpaired) electrons. The lowest BCUT2D eigenvalue weighted by Gasteiger charge is -2.43. The van der Waals surface area contributed by atoms with Crippen LogP contribution in [0.5, 0.6) is 0 Å². The van der Waals surface area contributed by atoms with E-state index in [9.17, 15) is 4.79 Å². The van der Waals surface area contributed by atoms with Crippen molar-refractivity contribution >= 4 is 17.2 Å². The van der Waals surface area contributed by atoms with Gasteiger partial charge in [0.1, 0.15) is 4.88 Å². The van der Waals surface area contributed by atoms with Gasteiger partial charge in [0, 0.05) is 25.2 Å². The van der Waals surface area contributed by atoms with Gasteiger partial charge in [-0.05, 0) is 20.3 Å². The molecule has 0 aromatic carbocycles. The maximum absolute atomic E-state index is 12.2. The quantitative estimate of drug-likeness (QED) is 0.898. The van der Waals surface area contributed by atoms with Gasteiger partial charge in [-0.2, -0.15) is 0 Å². The fraction of sp³-hybridized carbons (Fsp3) is 0.714. The zero-order valence-corrected chi connectivity index (χ0v) is 13.3. The molecule has 1 atom stereocenters. The first-order valence-electron chi connectivity index (χ1n) is 7.08. The van der Waals surface area contributed by atoms with Crippen molar-refractivity contribution in [2.24, 2.45) is 0 Å². The monoisotopic (exact) mass is 297 g/mol. The molecule has 20 heavy (non-hydrogen) atoms. The topological polar surface area (TPSA) is 54.5 Å². The van der Waals surface area contributed by atoms with Gasteiger partial charge in [-0.25, -0.2) is 4.98 Å². The molecule has 5 nitrogen and oxygen atoms in total. The third-order valence-corrected chi connectivity index (χ3v) is 5.05. The number of morpholine rings is 1. The molecular weight excluding hydrogens is 274 g/mol. The average molecular weight is 297 g/mol. The minimum absolute atomic E-state index is 0.0158. The number of aromatic nitrogens is 1. The lowest BCUT2D eigenvalue weighted by molar-refractivity contribution is -0.0169. The van der Waals surface area contributed by atoms with Crippen molar-refractivity contribution in [3.63, 3.8) is 0 Å². The minimum Gasteiger partial charge on any atom is -0.379 e. The molecular formula is C14H23N3O2S. The van der Waals surface area contributed by atoms with Crippen LogP contribution < -0.4 is 5.32 Å². The summed E-state index contributed by atoms with van der Waals surface area (Å²) in [4.78, 5) is 19.4. The highest BCUT2D eigenvalue weighted by Gasteiger charge is 2.31. The van der Waals surface area contributed by atoms with E-state index in [0.717, 1.165) is 38.4 Å². The number of nitrogens with zero attached hydrogens (tertiary/aromatic N) is 2. The zero-order valence-electron chi connectivity index (χ0n) is 12.4. The van der Waals surface area contributed by atoms with Crippen LogP contribution in [0.1, 0.15) is 35.6 Å². The Morgan fingerprint density at radius 3 is 2.80 bits per heavy atom. The number of hydrogen-bond donors (Lipinski definition) is 1. The van der Waals surface area contributed by atoms with Crippen LogP contribution in [0, 0.1) is 6.92 Å². The number of amides is 1. The molecule has 1 amide bonds. The molecule has 1 saturated heterocycles. The third-order valence-electron chi connectivity index (χ3n) is 4.12. The van der Waals surface area contributed by atoms with Gasteiger partial charge >= 0.3 is 0 Å². The van der Waals surface area contributed by atoms with Crippen LogP contribution in [0.25, 0.3) is 0 Å². The molecule has 1 aromatic heterocycles. The maximum atomic E-state index is 12.2. The summed E-state index contributed by atoms with van der Waals surface area (Å²) in [5.74, 6) is -0.0158. The average Bonchev–Trinajstić information content (AvgIpc) is 2.91. The standard InChI is InChI=1S/C14H23N3O2S/c1-4-14(3,17-5-7-19-8-6-17)9-15-13(18)12-11(2)16-10-20-12/h10H,4-9H2,1-3H3,(H,15,18). The second-order valence-electron chi connectivity index (χ2n) is 5.40. The Kier molecular flexibility index (Phi) is 5.12. The summed E-state index contributed by atoms with van der Waals surface area (Å²) in [5, 5.41) is 3.06. The van der Waals surface area contributed by atoms with Crippen LogP contribution in [0.2, 0.25) is 0 Å². The molecule has 0 spiro atoms. The highest BCUT2D eigenvalue weighted by Crippen LogP contribution is 2.20. The number of hydrogen-bond acceptors (Lipinski definition) is 5. The fourth-order valence-corrected chi connectivity index (χ4v) is 3.15. The predicted molar refractivity (Wildman–Crippen MR) is 80.3 cm³/mol. The van der Waals surface area contributed by atoms with Crippen LogP contribution in [0.3, 0.4) is 0 Å². The summed E-state index contributed by atoms with van der Waals surface area (Å²) in [7, 11) is 0. The largest absolute Gasteiger partial charge is 0.379 e. The molecule has 0 bridgehead atoms. The van der Waals surface area contributed by atoms with E-state index >= 15 is 0 Å². The van der Waals surface area contributed by atoms with Crippen LogP contribution >= 0.6 is 11.3 Å². The maximum Gasteiger partial charge on any atom is 0.263 e. The summed E-state index contributed by atoms with van der Waals surface area (Å²) in [6, 6.07) is 0. The molecule has 0 aliphatic carbocycles.